The third-order valence-corrected chi connectivity index (χ3v) is 4.50. The summed E-state index contributed by atoms with van der Waals surface area (Å²) in [6, 6.07) is 0.448. The second kappa shape index (κ2) is 7.40. The van der Waals surface area contributed by atoms with Crippen LogP contribution in [0.1, 0.15) is 33.6 Å². The van der Waals surface area contributed by atoms with Gasteiger partial charge in [-0.3, -0.25) is 4.79 Å². The molecule has 0 aromatic carbocycles. The summed E-state index contributed by atoms with van der Waals surface area (Å²) in [5.74, 6) is 0.402. The van der Waals surface area contributed by atoms with E-state index < -0.39 is 0 Å². The zero-order valence-electron chi connectivity index (χ0n) is 13.1. The van der Waals surface area contributed by atoms with Crippen LogP contribution >= 0.6 is 15.9 Å². The fourth-order valence-electron chi connectivity index (χ4n) is 2.78. The van der Waals surface area contributed by atoms with Crippen molar-refractivity contribution >= 4 is 21.6 Å². The molecule has 5 nitrogen and oxygen atoms in total. The van der Waals surface area contributed by atoms with E-state index in [4.69, 9.17) is 0 Å². The van der Waals surface area contributed by atoms with Gasteiger partial charge in [-0.2, -0.15) is 5.10 Å². The standard InChI is InChI=1S/C15H25BrN4O/c1-4-7-19(12-5-6-17-8-12)13-9-18-20(10-11(2)3)15(21)14(13)16/h9,11-12,17H,4-8,10H2,1-3H3. The topological polar surface area (TPSA) is 50.2 Å². The molecule has 0 amide bonds. The molecule has 0 saturated carbocycles. The Hall–Kier alpha value is -0.880. The highest BCUT2D eigenvalue weighted by molar-refractivity contribution is 9.10. The zero-order chi connectivity index (χ0) is 15.4. The summed E-state index contributed by atoms with van der Waals surface area (Å²) in [5, 5.41) is 7.76. The van der Waals surface area contributed by atoms with Crippen molar-refractivity contribution in [2.45, 2.75) is 46.2 Å². The van der Waals surface area contributed by atoms with Crippen LogP contribution < -0.4 is 15.8 Å². The first kappa shape index (κ1) is 16.5. The van der Waals surface area contributed by atoms with Crippen molar-refractivity contribution in [1.82, 2.24) is 15.1 Å². The Morgan fingerprint density at radius 1 is 1.57 bits per heavy atom. The highest BCUT2D eigenvalue weighted by atomic mass is 79.9. The van der Waals surface area contributed by atoms with Crippen molar-refractivity contribution in [2.75, 3.05) is 24.5 Å². The maximum Gasteiger partial charge on any atom is 0.283 e. The van der Waals surface area contributed by atoms with Crippen LogP contribution in [0.2, 0.25) is 0 Å². The molecular formula is C15H25BrN4O. The van der Waals surface area contributed by atoms with Crippen molar-refractivity contribution < 1.29 is 0 Å². The smallest absolute Gasteiger partial charge is 0.283 e. The van der Waals surface area contributed by atoms with Crippen molar-refractivity contribution in [2.24, 2.45) is 5.92 Å². The first-order valence-electron chi connectivity index (χ1n) is 7.77. The van der Waals surface area contributed by atoms with Gasteiger partial charge in [0.05, 0.1) is 11.9 Å². The maximum absolute atomic E-state index is 12.5. The Morgan fingerprint density at radius 3 is 2.90 bits per heavy atom. The number of nitrogens with one attached hydrogen (secondary N) is 1. The van der Waals surface area contributed by atoms with E-state index in [-0.39, 0.29) is 5.56 Å². The first-order chi connectivity index (χ1) is 10.0. The molecule has 21 heavy (non-hydrogen) atoms. The van der Waals surface area contributed by atoms with Crippen LogP contribution in [0.4, 0.5) is 5.69 Å². The van der Waals surface area contributed by atoms with Gasteiger partial charge in [0.2, 0.25) is 0 Å². The van der Waals surface area contributed by atoms with Gasteiger partial charge in [-0.1, -0.05) is 20.8 Å². The van der Waals surface area contributed by atoms with E-state index in [1.165, 1.54) is 0 Å². The second-order valence-corrected chi connectivity index (χ2v) is 6.86. The van der Waals surface area contributed by atoms with E-state index in [1.54, 1.807) is 4.68 Å². The molecular weight excluding hydrogens is 332 g/mol. The average molecular weight is 357 g/mol. The Labute approximate surface area is 134 Å². The molecule has 6 heteroatoms. The van der Waals surface area contributed by atoms with Gasteiger partial charge >= 0.3 is 0 Å². The molecule has 0 radical (unpaired) electrons. The number of hydrogen-bond acceptors (Lipinski definition) is 4. The summed E-state index contributed by atoms with van der Waals surface area (Å²) in [4.78, 5) is 14.8. The number of halogens is 1. The third kappa shape index (κ3) is 3.86. The van der Waals surface area contributed by atoms with Gasteiger partial charge < -0.3 is 10.2 Å². The lowest BCUT2D eigenvalue weighted by Gasteiger charge is -2.31. The second-order valence-electron chi connectivity index (χ2n) is 6.06. The number of hydrogen-bond donors (Lipinski definition) is 1. The summed E-state index contributed by atoms with van der Waals surface area (Å²) in [6.07, 6.45) is 4.00. The molecule has 0 bridgehead atoms. The molecule has 1 saturated heterocycles. The Bertz CT molecular complexity index is 523. The Morgan fingerprint density at radius 2 is 2.33 bits per heavy atom. The van der Waals surface area contributed by atoms with E-state index in [0.717, 1.165) is 38.2 Å². The molecule has 1 unspecified atom stereocenters. The summed E-state index contributed by atoms with van der Waals surface area (Å²) < 4.78 is 2.19. The van der Waals surface area contributed by atoms with Gasteiger partial charge in [0.15, 0.2) is 0 Å². The highest BCUT2D eigenvalue weighted by Crippen LogP contribution is 2.26. The molecule has 118 valence electrons. The van der Waals surface area contributed by atoms with Gasteiger partial charge in [0.1, 0.15) is 4.47 Å². The molecule has 1 fully saturated rings. The van der Waals surface area contributed by atoms with E-state index in [1.807, 2.05) is 6.20 Å². The molecule has 1 aliphatic heterocycles. The number of rotatable bonds is 6. The summed E-state index contributed by atoms with van der Waals surface area (Å²) in [7, 11) is 0. The molecule has 0 aliphatic carbocycles. The molecule has 2 heterocycles. The van der Waals surface area contributed by atoms with Crippen LogP contribution in [0.25, 0.3) is 0 Å². The van der Waals surface area contributed by atoms with Crippen LogP contribution in [-0.2, 0) is 6.54 Å². The van der Waals surface area contributed by atoms with E-state index in [2.05, 4.69) is 52.0 Å². The minimum atomic E-state index is -0.0340. The zero-order valence-corrected chi connectivity index (χ0v) is 14.7. The quantitative estimate of drug-likeness (QED) is 0.849. The lowest BCUT2D eigenvalue weighted by atomic mass is 10.2. The molecule has 1 aromatic heterocycles. The SMILES string of the molecule is CCCN(c1cnn(CC(C)C)c(=O)c1Br)C1CCNC1. The van der Waals surface area contributed by atoms with Gasteiger partial charge in [-0.25, -0.2) is 4.68 Å². The van der Waals surface area contributed by atoms with E-state index >= 15 is 0 Å². The van der Waals surface area contributed by atoms with Crippen LogP contribution in [-0.4, -0.2) is 35.5 Å². The summed E-state index contributed by atoms with van der Waals surface area (Å²) in [6.45, 7) is 9.95. The summed E-state index contributed by atoms with van der Waals surface area (Å²) >= 11 is 3.50. The van der Waals surface area contributed by atoms with Crippen molar-refractivity contribution in [3.05, 3.63) is 21.0 Å². The molecule has 1 aliphatic rings. The van der Waals surface area contributed by atoms with E-state index in [9.17, 15) is 4.79 Å². The molecule has 2 rings (SSSR count). The van der Waals surface area contributed by atoms with Gasteiger partial charge in [0, 0.05) is 25.7 Å². The van der Waals surface area contributed by atoms with E-state index in [0.29, 0.717) is 23.0 Å². The lowest BCUT2D eigenvalue weighted by molar-refractivity contribution is 0.461. The minimum Gasteiger partial charge on any atom is -0.365 e. The van der Waals surface area contributed by atoms with Crippen molar-refractivity contribution in [1.29, 1.82) is 0 Å². The number of nitrogens with zero attached hydrogens (tertiary/aromatic N) is 3. The van der Waals surface area contributed by atoms with Crippen LogP contribution in [0.15, 0.2) is 15.5 Å². The number of anilines is 1. The minimum absolute atomic E-state index is 0.0340. The summed E-state index contributed by atoms with van der Waals surface area (Å²) in [5.41, 5.74) is 0.892. The van der Waals surface area contributed by atoms with Gasteiger partial charge in [0.25, 0.3) is 5.56 Å². The van der Waals surface area contributed by atoms with Crippen LogP contribution in [0, 0.1) is 5.92 Å². The third-order valence-electron chi connectivity index (χ3n) is 3.75. The predicted molar refractivity (Wildman–Crippen MR) is 89.9 cm³/mol. The van der Waals surface area contributed by atoms with Gasteiger partial charge in [-0.15, -0.1) is 0 Å². The molecule has 1 aromatic rings. The van der Waals surface area contributed by atoms with Crippen LogP contribution in [0.5, 0.6) is 0 Å². The largest absolute Gasteiger partial charge is 0.365 e. The normalized spacial score (nSPS) is 18.4. The van der Waals surface area contributed by atoms with Crippen molar-refractivity contribution in [3.63, 3.8) is 0 Å². The average Bonchev–Trinajstić information content (AvgIpc) is 2.96. The molecule has 0 spiro atoms. The monoisotopic (exact) mass is 356 g/mol. The fourth-order valence-corrected chi connectivity index (χ4v) is 3.31. The predicted octanol–water partition coefficient (Wildman–Crippen LogP) is 2.24. The van der Waals surface area contributed by atoms with Gasteiger partial charge in [-0.05, 0) is 41.2 Å². The first-order valence-corrected chi connectivity index (χ1v) is 8.56. The number of aromatic nitrogens is 2. The Balaban J connectivity index is 2.32. The van der Waals surface area contributed by atoms with Crippen molar-refractivity contribution in [3.8, 4) is 0 Å². The van der Waals surface area contributed by atoms with Crippen LogP contribution in [0.3, 0.4) is 0 Å². The molecule has 1 atom stereocenters. The highest BCUT2D eigenvalue weighted by Gasteiger charge is 2.25. The lowest BCUT2D eigenvalue weighted by Crippen LogP contribution is -2.39. The molecule has 1 N–H and O–H groups in total. The Kier molecular flexibility index (Phi) is 5.81. The maximum atomic E-state index is 12.5. The fraction of sp³-hybridized carbons (Fsp3) is 0.733.